The van der Waals surface area contributed by atoms with E-state index in [0.717, 1.165) is 39.1 Å². The number of hydrogen-bond donors (Lipinski definition) is 1. The molecule has 110 valence electrons. The Morgan fingerprint density at radius 3 is 2.35 bits per heavy atom. The molecule has 0 bridgehead atoms. The molecule has 0 amide bonds. The molecule has 20 heavy (non-hydrogen) atoms. The van der Waals surface area contributed by atoms with Gasteiger partial charge in [0.2, 0.25) is 0 Å². The first-order chi connectivity index (χ1) is 9.83. The Labute approximate surface area is 122 Å². The normalized spacial score (nSPS) is 29.4. The second kappa shape index (κ2) is 6.70. The summed E-state index contributed by atoms with van der Waals surface area (Å²) in [7, 11) is 0. The van der Waals surface area contributed by atoms with Gasteiger partial charge >= 0.3 is 0 Å². The van der Waals surface area contributed by atoms with Crippen molar-refractivity contribution in [2.24, 2.45) is 0 Å². The monoisotopic (exact) mass is 274 g/mol. The van der Waals surface area contributed by atoms with Gasteiger partial charge in [-0.1, -0.05) is 43.2 Å². The third kappa shape index (κ3) is 3.40. The molecule has 1 saturated heterocycles. The molecule has 1 saturated carbocycles. The summed E-state index contributed by atoms with van der Waals surface area (Å²) in [5.41, 5.74) is 1.40. The van der Waals surface area contributed by atoms with Crippen LogP contribution in [-0.4, -0.2) is 53.2 Å². The van der Waals surface area contributed by atoms with E-state index >= 15 is 0 Å². The fraction of sp³-hybridized carbons (Fsp3) is 0.647. The summed E-state index contributed by atoms with van der Waals surface area (Å²) < 4.78 is 0. The molecule has 1 aliphatic carbocycles. The Hall–Kier alpha value is -0.900. The van der Waals surface area contributed by atoms with Gasteiger partial charge in [0, 0.05) is 38.8 Å². The fourth-order valence-corrected chi connectivity index (χ4v) is 3.61. The van der Waals surface area contributed by atoms with Crippen LogP contribution in [0.5, 0.6) is 0 Å². The molecule has 0 aromatic heterocycles. The first-order valence-electron chi connectivity index (χ1n) is 8.01. The van der Waals surface area contributed by atoms with Gasteiger partial charge in [-0.15, -0.1) is 0 Å². The molecule has 3 rings (SSSR count). The molecule has 2 fully saturated rings. The van der Waals surface area contributed by atoms with E-state index in [-0.39, 0.29) is 6.10 Å². The van der Waals surface area contributed by atoms with Gasteiger partial charge in [0.05, 0.1) is 6.10 Å². The van der Waals surface area contributed by atoms with Gasteiger partial charge in [0.25, 0.3) is 0 Å². The number of nitrogens with zero attached hydrogens (tertiary/aromatic N) is 2. The lowest BCUT2D eigenvalue weighted by Crippen LogP contribution is -2.54. The second-order valence-electron chi connectivity index (χ2n) is 6.22. The molecule has 1 aromatic carbocycles. The molecule has 1 aromatic rings. The van der Waals surface area contributed by atoms with Crippen LogP contribution in [0.15, 0.2) is 30.3 Å². The Morgan fingerprint density at radius 1 is 0.950 bits per heavy atom. The topological polar surface area (TPSA) is 26.7 Å². The van der Waals surface area contributed by atoms with Crippen molar-refractivity contribution in [3.63, 3.8) is 0 Å². The summed E-state index contributed by atoms with van der Waals surface area (Å²) in [5, 5.41) is 10.2. The van der Waals surface area contributed by atoms with Crippen LogP contribution in [-0.2, 0) is 6.54 Å². The van der Waals surface area contributed by atoms with E-state index in [1.807, 2.05) is 0 Å². The lowest BCUT2D eigenvalue weighted by atomic mass is 9.91. The quantitative estimate of drug-likeness (QED) is 0.914. The zero-order chi connectivity index (χ0) is 13.8. The summed E-state index contributed by atoms with van der Waals surface area (Å²) in [6.07, 6.45) is 4.57. The molecule has 2 aliphatic rings. The van der Waals surface area contributed by atoms with Crippen molar-refractivity contribution >= 4 is 0 Å². The predicted molar refractivity (Wildman–Crippen MR) is 81.6 cm³/mol. The van der Waals surface area contributed by atoms with Crippen LogP contribution in [0.1, 0.15) is 31.2 Å². The van der Waals surface area contributed by atoms with Gasteiger partial charge < -0.3 is 5.11 Å². The minimum Gasteiger partial charge on any atom is -0.391 e. The minimum absolute atomic E-state index is 0.0931. The van der Waals surface area contributed by atoms with Gasteiger partial charge in [0.1, 0.15) is 0 Å². The van der Waals surface area contributed by atoms with E-state index in [0.29, 0.717) is 6.04 Å². The predicted octanol–water partition coefficient (Wildman–Crippen LogP) is 2.11. The molecule has 2 atom stereocenters. The van der Waals surface area contributed by atoms with E-state index in [9.17, 15) is 5.11 Å². The summed E-state index contributed by atoms with van der Waals surface area (Å²) in [5.74, 6) is 0. The standard InChI is InChI=1S/C17H26N2O/c20-17-9-5-4-8-16(17)19-12-10-18(11-13-19)14-15-6-2-1-3-7-15/h1-3,6-7,16-17,20H,4-5,8-14H2. The maximum absolute atomic E-state index is 10.2. The van der Waals surface area contributed by atoms with Crippen LogP contribution in [0.4, 0.5) is 0 Å². The van der Waals surface area contributed by atoms with Gasteiger partial charge in [-0.05, 0) is 18.4 Å². The molecule has 3 nitrogen and oxygen atoms in total. The van der Waals surface area contributed by atoms with Crippen LogP contribution in [0.25, 0.3) is 0 Å². The molecule has 0 spiro atoms. The average Bonchev–Trinajstić information content (AvgIpc) is 2.50. The average molecular weight is 274 g/mol. The van der Waals surface area contributed by atoms with Crippen molar-refractivity contribution in [3.8, 4) is 0 Å². The maximum atomic E-state index is 10.2. The van der Waals surface area contributed by atoms with E-state index in [4.69, 9.17) is 0 Å². The van der Waals surface area contributed by atoms with Crippen molar-refractivity contribution in [1.29, 1.82) is 0 Å². The zero-order valence-electron chi connectivity index (χ0n) is 12.2. The van der Waals surface area contributed by atoms with Crippen molar-refractivity contribution in [1.82, 2.24) is 9.80 Å². The third-order valence-corrected chi connectivity index (χ3v) is 4.82. The Morgan fingerprint density at radius 2 is 1.65 bits per heavy atom. The van der Waals surface area contributed by atoms with E-state index in [1.54, 1.807) is 0 Å². The number of aliphatic hydroxyl groups excluding tert-OH is 1. The molecule has 2 unspecified atom stereocenters. The van der Waals surface area contributed by atoms with E-state index in [1.165, 1.54) is 24.8 Å². The summed E-state index contributed by atoms with van der Waals surface area (Å²) in [4.78, 5) is 5.05. The summed E-state index contributed by atoms with van der Waals surface area (Å²) in [6.45, 7) is 5.52. The van der Waals surface area contributed by atoms with Crippen molar-refractivity contribution in [2.75, 3.05) is 26.2 Å². The van der Waals surface area contributed by atoms with E-state index < -0.39 is 0 Å². The molecule has 1 aliphatic heterocycles. The molecule has 3 heteroatoms. The summed E-state index contributed by atoms with van der Waals surface area (Å²) in [6, 6.07) is 11.1. The van der Waals surface area contributed by atoms with Crippen LogP contribution < -0.4 is 0 Å². The largest absolute Gasteiger partial charge is 0.391 e. The molecular formula is C17H26N2O. The molecule has 1 N–H and O–H groups in total. The number of piperazine rings is 1. The first kappa shape index (κ1) is 14.1. The maximum Gasteiger partial charge on any atom is 0.0695 e. The van der Waals surface area contributed by atoms with Gasteiger partial charge in [-0.25, -0.2) is 0 Å². The molecular weight excluding hydrogens is 248 g/mol. The Kier molecular flexibility index (Phi) is 4.71. The van der Waals surface area contributed by atoms with Crippen LogP contribution in [0.2, 0.25) is 0 Å². The van der Waals surface area contributed by atoms with Crippen molar-refractivity contribution in [3.05, 3.63) is 35.9 Å². The highest BCUT2D eigenvalue weighted by atomic mass is 16.3. The second-order valence-corrected chi connectivity index (χ2v) is 6.22. The third-order valence-electron chi connectivity index (χ3n) is 4.82. The van der Waals surface area contributed by atoms with Crippen LogP contribution >= 0.6 is 0 Å². The lowest BCUT2D eigenvalue weighted by Gasteiger charge is -2.42. The van der Waals surface area contributed by atoms with Crippen LogP contribution in [0, 0.1) is 0 Å². The molecule has 1 heterocycles. The SMILES string of the molecule is OC1CCCCC1N1CCN(Cc2ccccc2)CC1. The van der Waals surface area contributed by atoms with E-state index in [2.05, 4.69) is 40.1 Å². The number of hydrogen-bond acceptors (Lipinski definition) is 3. The Bertz CT molecular complexity index is 401. The van der Waals surface area contributed by atoms with Crippen molar-refractivity contribution < 1.29 is 5.11 Å². The minimum atomic E-state index is -0.0931. The lowest BCUT2D eigenvalue weighted by molar-refractivity contribution is -0.00472. The molecule has 0 radical (unpaired) electrons. The number of rotatable bonds is 3. The van der Waals surface area contributed by atoms with Gasteiger partial charge in [0.15, 0.2) is 0 Å². The smallest absolute Gasteiger partial charge is 0.0695 e. The van der Waals surface area contributed by atoms with Gasteiger partial charge in [-0.2, -0.15) is 0 Å². The highest BCUT2D eigenvalue weighted by Gasteiger charge is 2.30. The highest BCUT2D eigenvalue weighted by Crippen LogP contribution is 2.24. The van der Waals surface area contributed by atoms with Crippen LogP contribution in [0.3, 0.4) is 0 Å². The Balaban J connectivity index is 1.49. The first-order valence-corrected chi connectivity index (χ1v) is 8.01. The van der Waals surface area contributed by atoms with Crippen molar-refractivity contribution in [2.45, 2.75) is 44.4 Å². The summed E-state index contributed by atoms with van der Waals surface area (Å²) >= 11 is 0. The fourth-order valence-electron chi connectivity index (χ4n) is 3.61. The van der Waals surface area contributed by atoms with Gasteiger partial charge in [-0.3, -0.25) is 9.80 Å². The zero-order valence-corrected chi connectivity index (χ0v) is 12.2. The number of benzene rings is 1. The number of aliphatic hydroxyl groups is 1. The highest BCUT2D eigenvalue weighted by molar-refractivity contribution is 5.14.